The molecule has 1 aromatic rings. The molecule has 1 spiro atoms. The second-order valence-corrected chi connectivity index (χ2v) is 7.76. The van der Waals surface area contributed by atoms with E-state index in [0.29, 0.717) is 25.7 Å². The number of benzene rings is 1. The maximum atomic E-state index is 13.5. The minimum Gasteiger partial charge on any atom is -0.346 e. The molecule has 3 heterocycles. The number of carbonyl (C=O) groups is 1. The molecule has 2 saturated heterocycles. The third-order valence-corrected chi connectivity index (χ3v) is 5.77. The number of ether oxygens (including phenoxy) is 2. The highest BCUT2D eigenvalue weighted by Gasteiger charge is 2.44. The molecule has 3 aliphatic rings. The molecule has 0 N–H and O–H groups in total. The molecular weight excluding hydrogens is 316 g/mol. The molecule has 0 aromatic heterocycles. The van der Waals surface area contributed by atoms with Crippen LogP contribution in [0.1, 0.15) is 38.7 Å². The number of likely N-dealkylation sites (tertiary alicyclic amines) is 1. The van der Waals surface area contributed by atoms with Crippen LogP contribution in [0.2, 0.25) is 0 Å². The van der Waals surface area contributed by atoms with Crippen molar-refractivity contribution in [2.24, 2.45) is 5.92 Å². The highest BCUT2D eigenvalue weighted by atomic mass is 16.7. The number of fused-ring (bicyclic) bond motifs is 1. The van der Waals surface area contributed by atoms with Crippen LogP contribution in [0.15, 0.2) is 24.3 Å². The lowest BCUT2D eigenvalue weighted by Crippen LogP contribution is -2.58. The lowest BCUT2D eigenvalue weighted by molar-refractivity contribution is -0.182. The van der Waals surface area contributed by atoms with Gasteiger partial charge in [0.15, 0.2) is 5.79 Å². The third-order valence-electron chi connectivity index (χ3n) is 5.77. The van der Waals surface area contributed by atoms with Gasteiger partial charge in [-0.05, 0) is 36.8 Å². The molecule has 2 fully saturated rings. The first kappa shape index (κ1) is 16.9. The number of rotatable bonds is 1. The standard InChI is InChI=1S/C20H28N2O3/c1-15(2)17-9-8-16-6-3-4-7-18(16)22(17)19(23)21-11-5-10-20(14-21)24-12-13-25-20/h3-4,6-7,15,17H,5,8-14H2,1-2H3. The van der Waals surface area contributed by atoms with Crippen molar-refractivity contribution in [1.29, 1.82) is 0 Å². The first-order chi connectivity index (χ1) is 12.1. The van der Waals surface area contributed by atoms with Crippen LogP contribution in [0.5, 0.6) is 0 Å². The van der Waals surface area contributed by atoms with Crippen LogP contribution in [0.25, 0.3) is 0 Å². The summed E-state index contributed by atoms with van der Waals surface area (Å²) in [6.07, 6.45) is 3.86. The second kappa shape index (κ2) is 6.61. The molecule has 3 aliphatic heterocycles. The van der Waals surface area contributed by atoms with E-state index in [1.165, 1.54) is 5.56 Å². The Morgan fingerprint density at radius 2 is 2.00 bits per heavy atom. The zero-order chi connectivity index (χ0) is 17.4. The lowest BCUT2D eigenvalue weighted by atomic mass is 9.89. The molecule has 25 heavy (non-hydrogen) atoms. The molecular formula is C20H28N2O3. The average molecular weight is 344 g/mol. The summed E-state index contributed by atoms with van der Waals surface area (Å²) in [5.41, 5.74) is 2.35. The fourth-order valence-corrected chi connectivity index (χ4v) is 4.48. The van der Waals surface area contributed by atoms with E-state index >= 15 is 0 Å². The van der Waals surface area contributed by atoms with Crippen molar-refractivity contribution in [3.8, 4) is 0 Å². The van der Waals surface area contributed by atoms with Crippen LogP contribution in [-0.4, -0.2) is 49.1 Å². The van der Waals surface area contributed by atoms with E-state index in [0.717, 1.165) is 37.9 Å². The largest absolute Gasteiger partial charge is 0.346 e. The summed E-state index contributed by atoms with van der Waals surface area (Å²) in [6.45, 7) is 6.98. The van der Waals surface area contributed by atoms with E-state index in [4.69, 9.17) is 9.47 Å². The van der Waals surface area contributed by atoms with E-state index in [9.17, 15) is 4.79 Å². The van der Waals surface area contributed by atoms with Crippen LogP contribution in [0.3, 0.4) is 0 Å². The van der Waals surface area contributed by atoms with Gasteiger partial charge >= 0.3 is 6.03 Å². The van der Waals surface area contributed by atoms with Gasteiger partial charge in [-0.1, -0.05) is 32.0 Å². The molecule has 0 aliphatic carbocycles. The van der Waals surface area contributed by atoms with Crippen molar-refractivity contribution in [3.05, 3.63) is 29.8 Å². The maximum Gasteiger partial charge on any atom is 0.324 e. The molecule has 0 bridgehead atoms. The number of hydrogen-bond acceptors (Lipinski definition) is 3. The van der Waals surface area contributed by atoms with E-state index in [-0.39, 0.29) is 12.1 Å². The van der Waals surface area contributed by atoms with Gasteiger partial charge in [-0.3, -0.25) is 4.90 Å². The van der Waals surface area contributed by atoms with Gasteiger partial charge < -0.3 is 14.4 Å². The number of anilines is 1. The van der Waals surface area contributed by atoms with Gasteiger partial charge in [0.05, 0.1) is 19.8 Å². The predicted octanol–water partition coefficient (Wildman–Crippen LogP) is 3.42. The molecule has 0 saturated carbocycles. The van der Waals surface area contributed by atoms with Gasteiger partial charge in [-0.25, -0.2) is 4.79 Å². The SMILES string of the molecule is CC(C)C1CCc2ccccc2N1C(=O)N1CCCC2(C1)OCCO2. The topological polar surface area (TPSA) is 42.0 Å². The van der Waals surface area contributed by atoms with E-state index in [1.54, 1.807) is 0 Å². The second-order valence-electron chi connectivity index (χ2n) is 7.76. The minimum atomic E-state index is -0.573. The number of nitrogens with zero attached hydrogens (tertiary/aromatic N) is 2. The molecule has 0 radical (unpaired) electrons. The molecule has 5 heteroatoms. The van der Waals surface area contributed by atoms with Gasteiger partial charge in [-0.2, -0.15) is 0 Å². The highest BCUT2D eigenvalue weighted by Crippen LogP contribution is 2.36. The number of hydrogen-bond donors (Lipinski definition) is 0. The molecule has 2 amide bonds. The molecule has 5 nitrogen and oxygen atoms in total. The summed E-state index contributed by atoms with van der Waals surface area (Å²) in [6, 6.07) is 8.67. The fourth-order valence-electron chi connectivity index (χ4n) is 4.48. The molecule has 1 unspecified atom stereocenters. The Labute approximate surface area is 149 Å². The van der Waals surface area contributed by atoms with Gasteiger partial charge in [0.25, 0.3) is 0 Å². The van der Waals surface area contributed by atoms with E-state index < -0.39 is 5.79 Å². The number of amides is 2. The van der Waals surface area contributed by atoms with Crippen molar-refractivity contribution in [1.82, 2.24) is 4.90 Å². The Bertz CT molecular complexity index is 640. The number of aryl methyl sites for hydroxylation is 1. The van der Waals surface area contributed by atoms with Gasteiger partial charge in [0, 0.05) is 24.7 Å². The maximum absolute atomic E-state index is 13.5. The summed E-state index contributed by atoms with van der Waals surface area (Å²) in [7, 11) is 0. The first-order valence-electron chi connectivity index (χ1n) is 9.54. The van der Waals surface area contributed by atoms with Crippen molar-refractivity contribution < 1.29 is 14.3 Å². The number of piperidine rings is 1. The number of urea groups is 1. The monoisotopic (exact) mass is 344 g/mol. The zero-order valence-electron chi connectivity index (χ0n) is 15.2. The smallest absolute Gasteiger partial charge is 0.324 e. The Balaban J connectivity index is 1.62. The number of para-hydroxylation sites is 1. The van der Waals surface area contributed by atoms with Crippen molar-refractivity contribution in [2.45, 2.75) is 51.4 Å². The summed E-state index contributed by atoms with van der Waals surface area (Å²) in [4.78, 5) is 17.5. The Kier molecular flexibility index (Phi) is 4.46. The Morgan fingerprint density at radius 1 is 1.24 bits per heavy atom. The van der Waals surface area contributed by atoms with E-state index in [1.807, 2.05) is 15.9 Å². The highest BCUT2D eigenvalue weighted by molar-refractivity contribution is 5.94. The van der Waals surface area contributed by atoms with Crippen molar-refractivity contribution in [3.63, 3.8) is 0 Å². The van der Waals surface area contributed by atoms with Gasteiger partial charge in [0.2, 0.25) is 0 Å². The molecule has 1 atom stereocenters. The average Bonchev–Trinajstić information content (AvgIpc) is 3.07. The Hall–Kier alpha value is -1.59. The molecule has 1 aromatic carbocycles. The van der Waals surface area contributed by atoms with Gasteiger partial charge in [0.1, 0.15) is 0 Å². The normalized spacial score (nSPS) is 25.5. The Morgan fingerprint density at radius 3 is 2.76 bits per heavy atom. The van der Waals surface area contributed by atoms with Crippen LogP contribution in [-0.2, 0) is 15.9 Å². The first-order valence-corrected chi connectivity index (χ1v) is 9.54. The quantitative estimate of drug-likeness (QED) is 0.784. The summed E-state index contributed by atoms with van der Waals surface area (Å²) < 4.78 is 11.7. The number of carbonyl (C=O) groups excluding carboxylic acids is 1. The summed E-state index contributed by atoms with van der Waals surface area (Å²) in [5.74, 6) is -0.147. The van der Waals surface area contributed by atoms with Crippen LogP contribution < -0.4 is 4.90 Å². The minimum absolute atomic E-state index is 0.101. The van der Waals surface area contributed by atoms with Gasteiger partial charge in [-0.15, -0.1) is 0 Å². The summed E-state index contributed by atoms with van der Waals surface area (Å²) >= 11 is 0. The van der Waals surface area contributed by atoms with Crippen molar-refractivity contribution in [2.75, 3.05) is 31.2 Å². The predicted molar refractivity (Wildman–Crippen MR) is 96.7 cm³/mol. The fraction of sp³-hybridized carbons (Fsp3) is 0.650. The lowest BCUT2D eigenvalue weighted by Gasteiger charge is -2.45. The summed E-state index contributed by atoms with van der Waals surface area (Å²) in [5, 5.41) is 0. The van der Waals surface area contributed by atoms with E-state index in [2.05, 4.69) is 32.0 Å². The zero-order valence-corrected chi connectivity index (χ0v) is 15.2. The third kappa shape index (κ3) is 3.04. The van der Waals surface area contributed by atoms with Crippen LogP contribution >= 0.6 is 0 Å². The molecule has 4 rings (SSSR count). The van der Waals surface area contributed by atoms with Crippen molar-refractivity contribution >= 4 is 11.7 Å². The van der Waals surface area contributed by atoms with Crippen LogP contribution in [0.4, 0.5) is 10.5 Å². The molecule has 136 valence electrons. The van der Waals surface area contributed by atoms with Crippen LogP contribution in [0, 0.1) is 5.92 Å².